The largest absolute Gasteiger partial charge is 0.484 e. The molecule has 0 atom stereocenters. The SMILES string of the molecule is Cc1oc2cc(OCC(=O)N3CCN(C)CC3)ccc2c(=O)c1-c1ccccc1. The molecule has 2 aromatic carbocycles. The number of benzene rings is 2. The Kier molecular flexibility index (Phi) is 5.36. The molecule has 0 radical (unpaired) electrons. The van der Waals surface area contributed by atoms with Crippen molar-refractivity contribution in [2.45, 2.75) is 6.92 Å². The van der Waals surface area contributed by atoms with Gasteiger partial charge in [-0.2, -0.15) is 0 Å². The van der Waals surface area contributed by atoms with Crippen LogP contribution in [0, 0.1) is 6.92 Å². The molecule has 1 aliphatic rings. The summed E-state index contributed by atoms with van der Waals surface area (Å²) in [6, 6.07) is 14.6. The molecular weight excluding hydrogens is 368 g/mol. The fourth-order valence-electron chi connectivity index (χ4n) is 3.61. The molecule has 1 amide bonds. The first-order chi connectivity index (χ1) is 14.0. The van der Waals surface area contributed by atoms with Crippen LogP contribution in [0.2, 0.25) is 0 Å². The normalized spacial score (nSPS) is 14.9. The number of amides is 1. The van der Waals surface area contributed by atoms with Gasteiger partial charge in [-0.25, -0.2) is 0 Å². The third-order valence-corrected chi connectivity index (χ3v) is 5.32. The van der Waals surface area contributed by atoms with Gasteiger partial charge in [-0.05, 0) is 31.7 Å². The minimum Gasteiger partial charge on any atom is -0.484 e. The van der Waals surface area contributed by atoms with Crippen LogP contribution in [-0.2, 0) is 4.79 Å². The van der Waals surface area contributed by atoms with E-state index >= 15 is 0 Å². The molecule has 0 unspecified atom stereocenters. The van der Waals surface area contributed by atoms with Crippen LogP contribution >= 0.6 is 0 Å². The van der Waals surface area contributed by atoms with Crippen molar-refractivity contribution < 1.29 is 13.9 Å². The Balaban J connectivity index is 1.54. The molecule has 0 N–H and O–H groups in total. The summed E-state index contributed by atoms with van der Waals surface area (Å²) in [4.78, 5) is 29.4. The third kappa shape index (κ3) is 4.03. The second-order valence-corrected chi connectivity index (χ2v) is 7.36. The van der Waals surface area contributed by atoms with Gasteiger partial charge < -0.3 is 19.0 Å². The Labute approximate surface area is 169 Å². The van der Waals surface area contributed by atoms with Crippen LogP contribution in [0.4, 0.5) is 0 Å². The summed E-state index contributed by atoms with van der Waals surface area (Å²) in [5.41, 5.74) is 1.78. The van der Waals surface area contributed by atoms with Crippen LogP contribution in [0.15, 0.2) is 57.7 Å². The fourth-order valence-corrected chi connectivity index (χ4v) is 3.61. The predicted octanol–water partition coefficient (Wildman–Crippen LogP) is 2.92. The molecule has 29 heavy (non-hydrogen) atoms. The second-order valence-electron chi connectivity index (χ2n) is 7.36. The lowest BCUT2D eigenvalue weighted by Crippen LogP contribution is -2.48. The number of ether oxygens (including phenoxy) is 1. The maximum Gasteiger partial charge on any atom is 0.260 e. The molecule has 0 aliphatic carbocycles. The highest BCUT2D eigenvalue weighted by Crippen LogP contribution is 2.26. The van der Waals surface area contributed by atoms with E-state index < -0.39 is 0 Å². The zero-order valence-corrected chi connectivity index (χ0v) is 16.7. The number of hydrogen-bond donors (Lipinski definition) is 0. The van der Waals surface area contributed by atoms with E-state index in [-0.39, 0.29) is 17.9 Å². The lowest BCUT2D eigenvalue weighted by molar-refractivity contribution is -0.134. The quantitative estimate of drug-likeness (QED) is 0.683. The average molecular weight is 392 g/mol. The van der Waals surface area contributed by atoms with Gasteiger partial charge in [-0.15, -0.1) is 0 Å². The molecule has 1 saturated heterocycles. The van der Waals surface area contributed by atoms with Crippen molar-refractivity contribution in [2.75, 3.05) is 39.8 Å². The summed E-state index contributed by atoms with van der Waals surface area (Å²) < 4.78 is 11.6. The van der Waals surface area contributed by atoms with Crippen molar-refractivity contribution in [3.05, 3.63) is 64.5 Å². The number of aryl methyl sites for hydroxylation is 1. The average Bonchev–Trinajstić information content (AvgIpc) is 2.73. The number of carbonyl (C=O) groups excluding carboxylic acids is 1. The molecule has 0 bridgehead atoms. The van der Waals surface area contributed by atoms with E-state index in [1.807, 2.05) is 42.3 Å². The van der Waals surface area contributed by atoms with Crippen molar-refractivity contribution >= 4 is 16.9 Å². The van der Waals surface area contributed by atoms with E-state index in [9.17, 15) is 9.59 Å². The Bertz CT molecular complexity index is 1080. The zero-order valence-electron chi connectivity index (χ0n) is 16.7. The molecule has 1 fully saturated rings. The summed E-state index contributed by atoms with van der Waals surface area (Å²) in [6.45, 7) is 4.93. The van der Waals surface area contributed by atoms with Gasteiger partial charge in [0.25, 0.3) is 5.91 Å². The van der Waals surface area contributed by atoms with Crippen LogP contribution in [0.3, 0.4) is 0 Å². The number of fused-ring (bicyclic) bond motifs is 1. The summed E-state index contributed by atoms with van der Waals surface area (Å²) in [6.07, 6.45) is 0. The first-order valence-corrected chi connectivity index (χ1v) is 9.75. The number of rotatable bonds is 4. The van der Waals surface area contributed by atoms with Crippen LogP contribution in [0.1, 0.15) is 5.76 Å². The van der Waals surface area contributed by atoms with Crippen LogP contribution in [0.5, 0.6) is 5.75 Å². The molecule has 0 saturated carbocycles. The highest BCUT2D eigenvalue weighted by Gasteiger charge is 2.19. The zero-order chi connectivity index (χ0) is 20.4. The molecule has 2 heterocycles. The summed E-state index contributed by atoms with van der Waals surface area (Å²) >= 11 is 0. The number of nitrogens with zero attached hydrogens (tertiary/aromatic N) is 2. The summed E-state index contributed by atoms with van der Waals surface area (Å²) in [5.74, 6) is 1.03. The molecule has 1 aliphatic heterocycles. The topological polar surface area (TPSA) is 63.0 Å². The van der Waals surface area contributed by atoms with Crippen molar-refractivity contribution in [1.82, 2.24) is 9.80 Å². The van der Waals surface area contributed by atoms with Crippen LogP contribution < -0.4 is 10.2 Å². The first kappa shape index (κ1) is 19.2. The lowest BCUT2D eigenvalue weighted by Gasteiger charge is -2.32. The van der Waals surface area contributed by atoms with Gasteiger partial charge in [-0.3, -0.25) is 9.59 Å². The molecule has 6 nitrogen and oxygen atoms in total. The molecule has 1 aromatic heterocycles. The van der Waals surface area contributed by atoms with E-state index in [0.717, 1.165) is 18.7 Å². The van der Waals surface area contributed by atoms with Gasteiger partial charge >= 0.3 is 0 Å². The third-order valence-electron chi connectivity index (χ3n) is 5.32. The van der Waals surface area contributed by atoms with Crippen molar-refractivity contribution in [3.63, 3.8) is 0 Å². The van der Waals surface area contributed by atoms with Gasteiger partial charge in [0.05, 0.1) is 10.9 Å². The first-order valence-electron chi connectivity index (χ1n) is 9.75. The Morgan fingerprint density at radius 2 is 1.79 bits per heavy atom. The monoisotopic (exact) mass is 392 g/mol. The number of carbonyl (C=O) groups is 1. The van der Waals surface area contributed by atoms with Crippen molar-refractivity contribution in [1.29, 1.82) is 0 Å². The maximum atomic E-state index is 13.0. The van der Waals surface area contributed by atoms with Crippen molar-refractivity contribution in [2.24, 2.45) is 0 Å². The van der Waals surface area contributed by atoms with Crippen LogP contribution in [0.25, 0.3) is 22.1 Å². The molecule has 0 spiro atoms. The smallest absolute Gasteiger partial charge is 0.260 e. The highest BCUT2D eigenvalue weighted by molar-refractivity contribution is 5.84. The van der Waals surface area contributed by atoms with E-state index in [4.69, 9.17) is 9.15 Å². The minimum atomic E-state index is -0.0741. The Hall–Kier alpha value is -3.12. The molecule has 150 valence electrons. The van der Waals surface area contributed by atoms with Gasteiger partial charge in [0.2, 0.25) is 5.43 Å². The van der Waals surface area contributed by atoms with E-state index in [1.54, 1.807) is 25.1 Å². The maximum absolute atomic E-state index is 13.0. The van der Waals surface area contributed by atoms with Crippen LogP contribution in [-0.4, -0.2) is 55.5 Å². The lowest BCUT2D eigenvalue weighted by atomic mass is 10.0. The Morgan fingerprint density at radius 3 is 2.52 bits per heavy atom. The number of hydrogen-bond acceptors (Lipinski definition) is 5. The standard InChI is InChI=1S/C23H24N2O4/c1-16-22(17-6-4-3-5-7-17)23(27)19-9-8-18(14-20(19)29-16)28-15-21(26)25-12-10-24(2)11-13-25/h3-9,14H,10-13,15H2,1-2H3. The number of likely N-dealkylation sites (N-methyl/N-ethyl adjacent to an activating group) is 1. The van der Waals surface area contributed by atoms with Gasteiger partial charge in [0, 0.05) is 32.2 Å². The molecule has 3 aromatic rings. The van der Waals surface area contributed by atoms with E-state index in [2.05, 4.69) is 4.90 Å². The van der Waals surface area contributed by atoms with Gasteiger partial charge in [0.15, 0.2) is 6.61 Å². The summed E-state index contributed by atoms with van der Waals surface area (Å²) in [7, 11) is 2.05. The van der Waals surface area contributed by atoms with E-state index in [1.165, 1.54) is 0 Å². The molecule has 4 rings (SSSR count). The summed E-state index contributed by atoms with van der Waals surface area (Å²) in [5, 5.41) is 0.493. The van der Waals surface area contributed by atoms with Gasteiger partial charge in [0.1, 0.15) is 17.1 Å². The molecular formula is C23H24N2O4. The van der Waals surface area contributed by atoms with E-state index in [0.29, 0.717) is 41.1 Å². The second kappa shape index (κ2) is 8.09. The Morgan fingerprint density at radius 1 is 1.07 bits per heavy atom. The van der Waals surface area contributed by atoms with Gasteiger partial charge in [-0.1, -0.05) is 30.3 Å². The fraction of sp³-hybridized carbons (Fsp3) is 0.304. The minimum absolute atomic E-state index is 0.0272. The van der Waals surface area contributed by atoms with Crippen molar-refractivity contribution in [3.8, 4) is 16.9 Å². The number of piperazine rings is 1. The highest BCUT2D eigenvalue weighted by atomic mass is 16.5. The molecule has 6 heteroatoms. The predicted molar refractivity (Wildman–Crippen MR) is 112 cm³/mol.